The Morgan fingerprint density at radius 3 is 2.24 bits per heavy atom. The largest absolute Gasteiger partial charge is 0.377 e. The molecule has 2 aromatic rings. The van der Waals surface area contributed by atoms with Gasteiger partial charge in [-0.05, 0) is 43.3 Å². The number of pyridine rings is 1. The summed E-state index contributed by atoms with van der Waals surface area (Å²) in [6.07, 6.45) is 1.18. The molecule has 1 heterocycles. The summed E-state index contributed by atoms with van der Waals surface area (Å²) in [6, 6.07) is 8.98. The first-order valence-corrected chi connectivity index (χ1v) is 5.29. The normalized spacial score (nSPS) is 12.2. The van der Waals surface area contributed by atoms with Crippen LogP contribution >= 0.6 is 0 Å². The lowest BCUT2D eigenvalue weighted by Gasteiger charge is -2.14. The zero-order chi connectivity index (χ0) is 12.3. The summed E-state index contributed by atoms with van der Waals surface area (Å²) in [7, 11) is 0. The van der Waals surface area contributed by atoms with Crippen LogP contribution in [0.3, 0.4) is 0 Å². The molecule has 0 aliphatic rings. The molecule has 0 spiro atoms. The molecule has 4 heteroatoms. The van der Waals surface area contributed by atoms with Crippen LogP contribution in [0.5, 0.6) is 0 Å². The van der Waals surface area contributed by atoms with Gasteiger partial charge in [-0.25, -0.2) is 8.78 Å². The fourth-order valence-electron chi connectivity index (χ4n) is 1.51. The number of hydrogen-bond donors (Lipinski definition) is 1. The van der Waals surface area contributed by atoms with E-state index >= 15 is 0 Å². The van der Waals surface area contributed by atoms with Crippen molar-refractivity contribution in [2.24, 2.45) is 0 Å². The maximum Gasteiger partial charge on any atom is 0.141 e. The molecule has 0 saturated carbocycles. The van der Waals surface area contributed by atoms with Gasteiger partial charge in [0.1, 0.15) is 11.6 Å². The molecular formula is C13H12F2N2. The van der Waals surface area contributed by atoms with Crippen LogP contribution in [0.1, 0.15) is 18.7 Å². The van der Waals surface area contributed by atoms with E-state index in [1.54, 1.807) is 18.2 Å². The van der Waals surface area contributed by atoms with Gasteiger partial charge in [-0.15, -0.1) is 0 Å². The number of hydrogen-bond acceptors (Lipinski definition) is 2. The third-order valence-electron chi connectivity index (χ3n) is 2.42. The highest BCUT2D eigenvalue weighted by molar-refractivity contribution is 5.44. The van der Waals surface area contributed by atoms with Crippen molar-refractivity contribution in [3.8, 4) is 0 Å². The van der Waals surface area contributed by atoms with Crippen LogP contribution in [0.2, 0.25) is 0 Å². The lowest BCUT2D eigenvalue weighted by Crippen LogP contribution is -2.08. The molecule has 0 amide bonds. The lowest BCUT2D eigenvalue weighted by molar-refractivity contribution is 0.617. The van der Waals surface area contributed by atoms with Crippen molar-refractivity contribution in [3.05, 3.63) is 59.9 Å². The Kier molecular flexibility index (Phi) is 3.32. The van der Waals surface area contributed by atoms with Crippen LogP contribution in [0.25, 0.3) is 0 Å². The van der Waals surface area contributed by atoms with E-state index in [2.05, 4.69) is 10.3 Å². The summed E-state index contributed by atoms with van der Waals surface area (Å²) < 4.78 is 25.4. The molecule has 0 bridgehead atoms. The van der Waals surface area contributed by atoms with Gasteiger partial charge in [0.15, 0.2) is 0 Å². The molecule has 0 aliphatic heterocycles. The summed E-state index contributed by atoms with van der Waals surface area (Å²) in [5.74, 6) is -0.633. The predicted octanol–water partition coefficient (Wildman–Crippen LogP) is 3.53. The van der Waals surface area contributed by atoms with Crippen molar-refractivity contribution in [3.63, 3.8) is 0 Å². The summed E-state index contributed by atoms with van der Waals surface area (Å²) in [5.41, 5.74) is 1.53. The van der Waals surface area contributed by atoms with Crippen LogP contribution in [0.4, 0.5) is 14.5 Å². The Balaban J connectivity index is 2.08. The third-order valence-corrected chi connectivity index (χ3v) is 2.42. The van der Waals surface area contributed by atoms with Gasteiger partial charge in [0.25, 0.3) is 0 Å². The Hall–Kier alpha value is -1.97. The highest BCUT2D eigenvalue weighted by Crippen LogP contribution is 2.17. The van der Waals surface area contributed by atoms with Gasteiger partial charge in [0, 0.05) is 5.69 Å². The number of anilines is 1. The van der Waals surface area contributed by atoms with Crippen molar-refractivity contribution in [1.29, 1.82) is 0 Å². The van der Waals surface area contributed by atoms with E-state index in [4.69, 9.17) is 0 Å². The second-order valence-corrected chi connectivity index (χ2v) is 3.77. The minimum Gasteiger partial charge on any atom is -0.377 e. The SMILES string of the molecule is CC(Nc1ccc(F)cc1)c1ccc(F)cn1. The summed E-state index contributed by atoms with van der Waals surface area (Å²) in [5, 5.41) is 3.15. The monoisotopic (exact) mass is 234 g/mol. The van der Waals surface area contributed by atoms with E-state index in [1.165, 1.54) is 24.4 Å². The van der Waals surface area contributed by atoms with Crippen molar-refractivity contribution >= 4 is 5.69 Å². The topological polar surface area (TPSA) is 24.9 Å². The smallest absolute Gasteiger partial charge is 0.141 e. The maximum atomic E-state index is 12.7. The van der Waals surface area contributed by atoms with Crippen LogP contribution < -0.4 is 5.32 Å². The number of rotatable bonds is 3. The lowest BCUT2D eigenvalue weighted by atomic mass is 10.2. The van der Waals surface area contributed by atoms with Crippen LogP contribution in [-0.2, 0) is 0 Å². The molecular weight excluding hydrogens is 222 g/mol. The molecule has 1 unspecified atom stereocenters. The summed E-state index contributed by atoms with van der Waals surface area (Å²) in [4.78, 5) is 3.98. The quantitative estimate of drug-likeness (QED) is 0.878. The maximum absolute atomic E-state index is 12.7. The van der Waals surface area contributed by atoms with Gasteiger partial charge in [-0.1, -0.05) is 0 Å². The number of halogens is 2. The Labute approximate surface area is 98.3 Å². The van der Waals surface area contributed by atoms with Gasteiger partial charge < -0.3 is 5.32 Å². The predicted molar refractivity (Wildman–Crippen MR) is 62.6 cm³/mol. The van der Waals surface area contributed by atoms with Crippen molar-refractivity contribution in [2.75, 3.05) is 5.32 Å². The standard InChI is InChI=1S/C13H12F2N2/c1-9(13-7-4-11(15)8-16-13)17-12-5-2-10(14)3-6-12/h2-9,17H,1H3. The van der Waals surface area contributed by atoms with Gasteiger partial charge in [-0.3, -0.25) is 4.98 Å². The first-order valence-electron chi connectivity index (χ1n) is 5.29. The van der Waals surface area contributed by atoms with Gasteiger partial charge in [0.05, 0.1) is 17.9 Å². The third kappa shape index (κ3) is 3.00. The van der Waals surface area contributed by atoms with Gasteiger partial charge in [0.2, 0.25) is 0 Å². The van der Waals surface area contributed by atoms with E-state index in [-0.39, 0.29) is 17.7 Å². The molecule has 0 aliphatic carbocycles. The Bertz CT molecular complexity index is 480. The fraction of sp³-hybridized carbons (Fsp3) is 0.154. The first kappa shape index (κ1) is 11.5. The molecule has 0 fully saturated rings. The van der Waals surface area contributed by atoms with E-state index in [0.29, 0.717) is 0 Å². The summed E-state index contributed by atoms with van der Waals surface area (Å²) in [6.45, 7) is 1.91. The van der Waals surface area contributed by atoms with E-state index in [1.807, 2.05) is 6.92 Å². The van der Waals surface area contributed by atoms with Gasteiger partial charge in [-0.2, -0.15) is 0 Å². The number of aromatic nitrogens is 1. The average molecular weight is 234 g/mol. The van der Waals surface area contributed by atoms with Gasteiger partial charge >= 0.3 is 0 Å². The molecule has 1 aromatic carbocycles. The first-order chi connectivity index (χ1) is 8.15. The van der Waals surface area contributed by atoms with E-state index < -0.39 is 0 Å². The Morgan fingerprint density at radius 1 is 1.00 bits per heavy atom. The molecule has 17 heavy (non-hydrogen) atoms. The van der Waals surface area contributed by atoms with Crippen LogP contribution in [0.15, 0.2) is 42.6 Å². The van der Waals surface area contributed by atoms with Crippen molar-refractivity contribution in [2.45, 2.75) is 13.0 Å². The minimum atomic E-state index is -0.359. The molecule has 1 aromatic heterocycles. The molecule has 0 saturated heterocycles. The number of benzene rings is 1. The zero-order valence-electron chi connectivity index (χ0n) is 9.32. The molecule has 2 nitrogen and oxygen atoms in total. The minimum absolute atomic E-state index is 0.0685. The molecule has 88 valence electrons. The van der Waals surface area contributed by atoms with Crippen LogP contribution in [0, 0.1) is 11.6 Å². The van der Waals surface area contributed by atoms with Crippen molar-refractivity contribution in [1.82, 2.24) is 4.98 Å². The highest BCUT2D eigenvalue weighted by atomic mass is 19.1. The highest BCUT2D eigenvalue weighted by Gasteiger charge is 2.06. The van der Waals surface area contributed by atoms with Crippen LogP contribution in [-0.4, -0.2) is 4.98 Å². The fourth-order valence-corrected chi connectivity index (χ4v) is 1.51. The summed E-state index contributed by atoms with van der Waals surface area (Å²) >= 11 is 0. The molecule has 1 N–H and O–H groups in total. The molecule has 0 radical (unpaired) electrons. The number of nitrogens with zero attached hydrogens (tertiary/aromatic N) is 1. The molecule has 1 atom stereocenters. The second-order valence-electron chi connectivity index (χ2n) is 3.77. The number of nitrogens with one attached hydrogen (secondary N) is 1. The second kappa shape index (κ2) is 4.91. The molecule has 2 rings (SSSR count). The van der Waals surface area contributed by atoms with Crippen molar-refractivity contribution < 1.29 is 8.78 Å². The average Bonchev–Trinajstić information content (AvgIpc) is 2.33. The van der Waals surface area contributed by atoms with E-state index in [9.17, 15) is 8.78 Å². The zero-order valence-corrected chi connectivity index (χ0v) is 9.32. The van der Waals surface area contributed by atoms with E-state index in [0.717, 1.165) is 11.4 Å². The Morgan fingerprint density at radius 2 is 1.65 bits per heavy atom.